The van der Waals surface area contributed by atoms with E-state index in [2.05, 4.69) is 11.9 Å². The van der Waals surface area contributed by atoms with Gasteiger partial charge in [0, 0.05) is 24.7 Å². The number of nitrogens with zero attached hydrogens (tertiary/aromatic N) is 2. The first-order valence-corrected chi connectivity index (χ1v) is 7.94. The molecule has 1 aliphatic heterocycles. The molecule has 2 aromatic heterocycles. The average Bonchev–Trinajstić information content (AvgIpc) is 2.84. The molecule has 2 aromatic rings. The Kier molecular flexibility index (Phi) is 3.61. The highest BCUT2D eigenvalue weighted by Crippen LogP contribution is 2.33. The normalized spacial score (nSPS) is 19.4. The Bertz CT molecular complexity index is 637. The van der Waals surface area contributed by atoms with E-state index < -0.39 is 0 Å². The van der Waals surface area contributed by atoms with Crippen LogP contribution in [0.25, 0.3) is 10.2 Å². The number of fused-ring (bicyclic) bond motifs is 1. The molecule has 106 valence electrons. The monoisotopic (exact) mass is 289 g/mol. The number of nitrogen functional groups attached to an aromatic ring is 1. The zero-order chi connectivity index (χ0) is 14.1. The number of pyridine rings is 1. The molecule has 1 aliphatic rings. The highest BCUT2D eigenvalue weighted by Gasteiger charge is 2.26. The van der Waals surface area contributed by atoms with Crippen molar-refractivity contribution in [2.24, 2.45) is 5.92 Å². The van der Waals surface area contributed by atoms with Crippen LogP contribution in [0.5, 0.6) is 0 Å². The number of aromatic nitrogens is 1. The van der Waals surface area contributed by atoms with Crippen LogP contribution in [0.2, 0.25) is 0 Å². The van der Waals surface area contributed by atoms with Crippen molar-refractivity contribution in [1.82, 2.24) is 9.88 Å². The minimum absolute atomic E-state index is 0.0728. The lowest BCUT2D eigenvalue weighted by atomic mass is 9.95. The van der Waals surface area contributed by atoms with Gasteiger partial charge in [-0.05, 0) is 30.9 Å². The van der Waals surface area contributed by atoms with Crippen LogP contribution in [0.1, 0.15) is 35.9 Å². The summed E-state index contributed by atoms with van der Waals surface area (Å²) in [6, 6.07) is 3.78. The lowest BCUT2D eigenvalue weighted by Gasteiger charge is -2.32. The van der Waals surface area contributed by atoms with E-state index in [1.165, 1.54) is 17.8 Å². The van der Waals surface area contributed by atoms with Crippen molar-refractivity contribution in [3.8, 4) is 0 Å². The third kappa shape index (κ3) is 2.26. The minimum atomic E-state index is 0.0728. The standard InChI is InChI=1S/C15H19N3OS/c1-2-10-5-4-8-18(9-10)15(19)13-12(16)11-6-3-7-17-14(11)20-13/h3,6-7,10H,2,4-5,8-9,16H2,1H3. The maximum Gasteiger partial charge on any atom is 0.266 e. The Labute approximate surface area is 122 Å². The predicted octanol–water partition coefficient (Wildman–Crippen LogP) is 3.14. The number of nitrogens with two attached hydrogens (primary N) is 1. The molecule has 1 amide bonds. The van der Waals surface area contributed by atoms with Crippen LogP contribution in [-0.2, 0) is 0 Å². The lowest BCUT2D eigenvalue weighted by Crippen LogP contribution is -2.39. The molecule has 2 N–H and O–H groups in total. The van der Waals surface area contributed by atoms with Crippen LogP contribution < -0.4 is 5.73 Å². The van der Waals surface area contributed by atoms with Gasteiger partial charge in [-0.3, -0.25) is 4.79 Å². The summed E-state index contributed by atoms with van der Waals surface area (Å²) in [6.45, 7) is 3.89. The van der Waals surface area contributed by atoms with E-state index in [4.69, 9.17) is 5.73 Å². The molecule has 1 saturated heterocycles. The number of amides is 1. The van der Waals surface area contributed by atoms with Crippen LogP contribution >= 0.6 is 11.3 Å². The second-order valence-corrected chi connectivity index (χ2v) is 6.37. The summed E-state index contributed by atoms with van der Waals surface area (Å²) >= 11 is 1.41. The average molecular weight is 289 g/mol. The molecule has 3 rings (SSSR count). The van der Waals surface area contributed by atoms with E-state index in [1.807, 2.05) is 17.0 Å². The van der Waals surface area contributed by atoms with Gasteiger partial charge >= 0.3 is 0 Å². The zero-order valence-electron chi connectivity index (χ0n) is 11.6. The maximum absolute atomic E-state index is 12.7. The molecule has 0 aromatic carbocycles. The number of thiophene rings is 1. The van der Waals surface area contributed by atoms with Crippen molar-refractivity contribution in [2.75, 3.05) is 18.8 Å². The molecule has 4 nitrogen and oxygen atoms in total. The first kappa shape index (κ1) is 13.4. The molecule has 0 aliphatic carbocycles. The molecule has 1 fully saturated rings. The van der Waals surface area contributed by atoms with Crippen molar-refractivity contribution in [3.63, 3.8) is 0 Å². The number of rotatable bonds is 2. The predicted molar refractivity (Wildman–Crippen MR) is 83.0 cm³/mol. The Morgan fingerprint density at radius 1 is 1.60 bits per heavy atom. The first-order valence-electron chi connectivity index (χ1n) is 7.13. The van der Waals surface area contributed by atoms with Crippen molar-refractivity contribution in [3.05, 3.63) is 23.2 Å². The molecule has 0 radical (unpaired) electrons. The lowest BCUT2D eigenvalue weighted by molar-refractivity contribution is 0.0677. The summed E-state index contributed by atoms with van der Waals surface area (Å²) in [7, 11) is 0. The van der Waals surface area contributed by atoms with E-state index in [0.29, 0.717) is 16.5 Å². The van der Waals surface area contributed by atoms with E-state index in [0.717, 1.165) is 36.1 Å². The summed E-state index contributed by atoms with van der Waals surface area (Å²) in [4.78, 5) is 20.4. The van der Waals surface area contributed by atoms with E-state index in [-0.39, 0.29) is 5.91 Å². The first-order chi connectivity index (χ1) is 9.70. The molecule has 0 spiro atoms. The second kappa shape index (κ2) is 5.40. The summed E-state index contributed by atoms with van der Waals surface area (Å²) < 4.78 is 0. The summed E-state index contributed by atoms with van der Waals surface area (Å²) in [6.07, 6.45) is 5.19. The van der Waals surface area contributed by atoms with Crippen molar-refractivity contribution >= 4 is 33.1 Å². The van der Waals surface area contributed by atoms with Gasteiger partial charge in [0.25, 0.3) is 5.91 Å². The van der Waals surface area contributed by atoms with Gasteiger partial charge in [0.1, 0.15) is 9.71 Å². The summed E-state index contributed by atoms with van der Waals surface area (Å²) in [5, 5.41) is 0.893. The Hall–Kier alpha value is -1.62. The van der Waals surface area contributed by atoms with Crippen molar-refractivity contribution in [2.45, 2.75) is 26.2 Å². The number of piperidine rings is 1. The topological polar surface area (TPSA) is 59.2 Å². The molecule has 0 saturated carbocycles. The van der Waals surface area contributed by atoms with Crippen molar-refractivity contribution in [1.29, 1.82) is 0 Å². The molecule has 3 heterocycles. The quantitative estimate of drug-likeness (QED) is 0.924. The summed E-state index contributed by atoms with van der Waals surface area (Å²) in [5.74, 6) is 0.699. The fourth-order valence-electron chi connectivity index (χ4n) is 2.84. The number of carbonyl (C=O) groups excluding carboxylic acids is 1. The number of hydrogen-bond donors (Lipinski definition) is 1. The van der Waals surface area contributed by atoms with Gasteiger partial charge in [-0.15, -0.1) is 11.3 Å². The molecular weight excluding hydrogens is 270 g/mol. The highest BCUT2D eigenvalue weighted by atomic mass is 32.1. The largest absolute Gasteiger partial charge is 0.397 e. The van der Waals surface area contributed by atoms with Crippen LogP contribution in [0.15, 0.2) is 18.3 Å². The minimum Gasteiger partial charge on any atom is -0.397 e. The van der Waals surface area contributed by atoms with E-state index >= 15 is 0 Å². The molecule has 1 atom stereocenters. The zero-order valence-corrected chi connectivity index (χ0v) is 12.4. The van der Waals surface area contributed by atoms with Crippen molar-refractivity contribution < 1.29 is 4.79 Å². The molecule has 0 bridgehead atoms. The Morgan fingerprint density at radius 3 is 3.20 bits per heavy atom. The van der Waals surface area contributed by atoms with Crippen LogP contribution in [0, 0.1) is 5.92 Å². The van der Waals surface area contributed by atoms with Gasteiger partial charge in [-0.2, -0.15) is 0 Å². The van der Waals surface area contributed by atoms with E-state index in [9.17, 15) is 4.79 Å². The Morgan fingerprint density at radius 2 is 2.45 bits per heavy atom. The number of hydrogen-bond acceptors (Lipinski definition) is 4. The number of likely N-dealkylation sites (tertiary alicyclic amines) is 1. The van der Waals surface area contributed by atoms with E-state index in [1.54, 1.807) is 6.20 Å². The molecular formula is C15H19N3OS. The van der Waals surface area contributed by atoms with Gasteiger partial charge in [-0.1, -0.05) is 13.3 Å². The molecule has 5 heteroatoms. The van der Waals surface area contributed by atoms with Crippen LogP contribution in [0.4, 0.5) is 5.69 Å². The molecule has 1 unspecified atom stereocenters. The maximum atomic E-state index is 12.7. The van der Waals surface area contributed by atoms with Crippen LogP contribution in [-0.4, -0.2) is 28.9 Å². The number of anilines is 1. The SMILES string of the molecule is CCC1CCCN(C(=O)c2sc3ncccc3c2N)C1. The smallest absolute Gasteiger partial charge is 0.266 e. The van der Waals surface area contributed by atoms with Crippen LogP contribution in [0.3, 0.4) is 0 Å². The highest BCUT2D eigenvalue weighted by molar-refractivity contribution is 7.21. The van der Waals surface area contributed by atoms with Gasteiger partial charge in [0.05, 0.1) is 5.69 Å². The second-order valence-electron chi connectivity index (χ2n) is 5.37. The third-order valence-corrected chi connectivity index (χ3v) is 5.20. The number of carbonyl (C=O) groups is 1. The van der Waals surface area contributed by atoms with Gasteiger partial charge in [-0.25, -0.2) is 4.98 Å². The van der Waals surface area contributed by atoms with Gasteiger partial charge in [0.2, 0.25) is 0 Å². The fourth-order valence-corrected chi connectivity index (χ4v) is 3.87. The van der Waals surface area contributed by atoms with Gasteiger partial charge < -0.3 is 10.6 Å². The molecule has 20 heavy (non-hydrogen) atoms. The van der Waals surface area contributed by atoms with Gasteiger partial charge in [0.15, 0.2) is 0 Å². The fraction of sp³-hybridized carbons (Fsp3) is 0.467. The summed E-state index contributed by atoms with van der Waals surface area (Å²) in [5.41, 5.74) is 6.72. The Balaban J connectivity index is 1.90. The third-order valence-electron chi connectivity index (χ3n) is 4.08.